The van der Waals surface area contributed by atoms with Crippen LogP contribution in [-0.4, -0.2) is 23.8 Å². The first-order valence-electron chi connectivity index (χ1n) is 6.23. The Balaban J connectivity index is 3.34. The molecule has 0 saturated carbocycles. The van der Waals surface area contributed by atoms with Crippen LogP contribution in [0.5, 0.6) is 0 Å². The number of rotatable bonds is 9. The third kappa shape index (κ3) is 7.77. The molecular formula is C12H28N2O. The molecule has 0 bridgehead atoms. The molecule has 0 amide bonds. The Morgan fingerprint density at radius 1 is 1.00 bits per heavy atom. The highest BCUT2D eigenvalue weighted by Gasteiger charge is 2.17. The fourth-order valence-electron chi connectivity index (χ4n) is 1.72. The Kier molecular flexibility index (Phi) is 9.06. The highest BCUT2D eigenvalue weighted by Crippen LogP contribution is 2.12. The van der Waals surface area contributed by atoms with Gasteiger partial charge in [-0.25, -0.2) is 0 Å². The highest BCUT2D eigenvalue weighted by molar-refractivity contribution is 4.74. The van der Waals surface area contributed by atoms with Crippen molar-refractivity contribution in [3.63, 3.8) is 0 Å². The molecule has 2 atom stereocenters. The van der Waals surface area contributed by atoms with Crippen LogP contribution in [0.4, 0.5) is 0 Å². The van der Waals surface area contributed by atoms with E-state index in [1.54, 1.807) is 0 Å². The summed E-state index contributed by atoms with van der Waals surface area (Å²) in [6.45, 7) is 4.81. The van der Waals surface area contributed by atoms with Crippen molar-refractivity contribution in [1.29, 1.82) is 0 Å². The third-order valence-electron chi connectivity index (χ3n) is 2.86. The number of hydrogen-bond donors (Lipinski definition) is 3. The van der Waals surface area contributed by atoms with Crippen molar-refractivity contribution in [3.05, 3.63) is 0 Å². The number of aliphatic hydroxyl groups excluding tert-OH is 1. The maximum atomic E-state index is 9.69. The quantitative estimate of drug-likeness (QED) is 0.513. The molecule has 0 aliphatic rings. The van der Waals surface area contributed by atoms with Gasteiger partial charge in [-0.05, 0) is 25.3 Å². The van der Waals surface area contributed by atoms with Gasteiger partial charge in [0.05, 0.1) is 6.10 Å². The SMILES string of the molecule is CC(C)C(O)[C@@H](N)CCCCCCCN. The van der Waals surface area contributed by atoms with Crippen molar-refractivity contribution in [2.24, 2.45) is 17.4 Å². The second-order valence-corrected chi connectivity index (χ2v) is 4.74. The molecular weight excluding hydrogens is 188 g/mol. The molecule has 0 radical (unpaired) electrons. The molecule has 0 aromatic rings. The topological polar surface area (TPSA) is 72.3 Å². The molecule has 0 aliphatic heterocycles. The molecule has 0 aromatic carbocycles. The van der Waals surface area contributed by atoms with Gasteiger partial charge >= 0.3 is 0 Å². The molecule has 3 heteroatoms. The van der Waals surface area contributed by atoms with E-state index in [1.807, 2.05) is 13.8 Å². The standard InChI is InChI=1S/C12H28N2O/c1-10(2)12(15)11(14)8-6-4-3-5-7-9-13/h10-12,15H,3-9,13-14H2,1-2H3/t11-,12?/m0/s1. The summed E-state index contributed by atoms with van der Waals surface area (Å²) < 4.78 is 0. The highest BCUT2D eigenvalue weighted by atomic mass is 16.3. The first-order chi connectivity index (χ1) is 7.09. The minimum atomic E-state index is -0.353. The Labute approximate surface area is 94.2 Å². The molecule has 5 N–H and O–H groups in total. The van der Waals surface area contributed by atoms with Crippen LogP contribution in [-0.2, 0) is 0 Å². The van der Waals surface area contributed by atoms with Gasteiger partial charge < -0.3 is 16.6 Å². The zero-order valence-corrected chi connectivity index (χ0v) is 10.3. The molecule has 15 heavy (non-hydrogen) atoms. The van der Waals surface area contributed by atoms with E-state index < -0.39 is 0 Å². The van der Waals surface area contributed by atoms with Crippen molar-refractivity contribution in [1.82, 2.24) is 0 Å². The number of unbranched alkanes of at least 4 members (excludes halogenated alkanes) is 4. The lowest BCUT2D eigenvalue weighted by Gasteiger charge is -2.21. The van der Waals surface area contributed by atoms with E-state index in [2.05, 4.69) is 0 Å². The number of hydrogen-bond acceptors (Lipinski definition) is 3. The molecule has 0 heterocycles. The van der Waals surface area contributed by atoms with Gasteiger partial charge in [-0.3, -0.25) is 0 Å². The van der Waals surface area contributed by atoms with Gasteiger partial charge in [-0.15, -0.1) is 0 Å². The van der Waals surface area contributed by atoms with Crippen LogP contribution in [0, 0.1) is 5.92 Å². The number of nitrogens with two attached hydrogens (primary N) is 2. The van der Waals surface area contributed by atoms with Crippen molar-refractivity contribution in [2.75, 3.05) is 6.54 Å². The molecule has 0 aliphatic carbocycles. The Hall–Kier alpha value is -0.120. The van der Waals surface area contributed by atoms with Gasteiger partial charge in [0, 0.05) is 6.04 Å². The second-order valence-electron chi connectivity index (χ2n) is 4.74. The predicted molar refractivity (Wildman–Crippen MR) is 65.6 cm³/mol. The molecule has 0 fully saturated rings. The zero-order chi connectivity index (χ0) is 11.7. The van der Waals surface area contributed by atoms with E-state index in [4.69, 9.17) is 11.5 Å². The van der Waals surface area contributed by atoms with Gasteiger partial charge in [0.15, 0.2) is 0 Å². The average Bonchev–Trinajstić information content (AvgIpc) is 2.21. The minimum absolute atomic E-state index is 0.0560. The van der Waals surface area contributed by atoms with Crippen molar-refractivity contribution < 1.29 is 5.11 Å². The summed E-state index contributed by atoms with van der Waals surface area (Å²) in [4.78, 5) is 0. The van der Waals surface area contributed by atoms with Crippen LogP contribution < -0.4 is 11.5 Å². The van der Waals surface area contributed by atoms with Crippen LogP contribution in [0.15, 0.2) is 0 Å². The van der Waals surface area contributed by atoms with E-state index in [0.717, 1.165) is 25.8 Å². The fourth-order valence-corrected chi connectivity index (χ4v) is 1.72. The molecule has 3 nitrogen and oxygen atoms in total. The van der Waals surface area contributed by atoms with Crippen molar-refractivity contribution in [3.8, 4) is 0 Å². The van der Waals surface area contributed by atoms with Crippen molar-refractivity contribution in [2.45, 2.75) is 64.5 Å². The lowest BCUT2D eigenvalue weighted by atomic mass is 9.96. The molecule has 0 rings (SSSR count). The molecule has 0 aromatic heterocycles. The summed E-state index contributed by atoms with van der Waals surface area (Å²) >= 11 is 0. The van der Waals surface area contributed by atoms with Crippen LogP contribution in [0.2, 0.25) is 0 Å². The van der Waals surface area contributed by atoms with Crippen LogP contribution in [0.3, 0.4) is 0 Å². The first-order valence-corrected chi connectivity index (χ1v) is 6.23. The van der Waals surface area contributed by atoms with Crippen LogP contribution in [0.1, 0.15) is 52.4 Å². The molecule has 0 spiro atoms. The predicted octanol–water partition coefficient (Wildman–Crippen LogP) is 1.63. The zero-order valence-electron chi connectivity index (χ0n) is 10.3. The maximum Gasteiger partial charge on any atom is 0.0713 e. The summed E-state index contributed by atoms with van der Waals surface area (Å²) in [5, 5.41) is 9.69. The Bertz CT molecular complexity index is 140. The smallest absolute Gasteiger partial charge is 0.0713 e. The van der Waals surface area contributed by atoms with Crippen LogP contribution in [0.25, 0.3) is 0 Å². The number of aliphatic hydroxyl groups is 1. The summed E-state index contributed by atoms with van der Waals surface area (Å²) in [6, 6.07) is -0.0560. The van der Waals surface area contributed by atoms with Crippen LogP contribution >= 0.6 is 0 Å². The maximum absolute atomic E-state index is 9.69. The van der Waals surface area contributed by atoms with Crippen molar-refractivity contribution >= 4 is 0 Å². The fraction of sp³-hybridized carbons (Fsp3) is 1.00. The summed E-state index contributed by atoms with van der Waals surface area (Å²) in [5.41, 5.74) is 11.3. The lowest BCUT2D eigenvalue weighted by molar-refractivity contribution is 0.0936. The van der Waals surface area contributed by atoms with E-state index >= 15 is 0 Å². The van der Waals surface area contributed by atoms with E-state index in [9.17, 15) is 5.11 Å². The van der Waals surface area contributed by atoms with E-state index in [1.165, 1.54) is 19.3 Å². The van der Waals surface area contributed by atoms with Gasteiger partial charge in [0.25, 0.3) is 0 Å². The Morgan fingerprint density at radius 3 is 2.07 bits per heavy atom. The minimum Gasteiger partial charge on any atom is -0.391 e. The largest absolute Gasteiger partial charge is 0.391 e. The summed E-state index contributed by atoms with van der Waals surface area (Å²) in [5.74, 6) is 0.261. The normalized spacial score (nSPS) is 15.6. The van der Waals surface area contributed by atoms with Gasteiger partial charge in [0.1, 0.15) is 0 Å². The first kappa shape index (κ1) is 14.9. The molecule has 92 valence electrons. The second kappa shape index (κ2) is 9.13. The van der Waals surface area contributed by atoms with E-state index in [-0.39, 0.29) is 18.1 Å². The monoisotopic (exact) mass is 216 g/mol. The third-order valence-corrected chi connectivity index (χ3v) is 2.86. The molecule has 1 unspecified atom stereocenters. The van der Waals surface area contributed by atoms with Gasteiger partial charge in [-0.1, -0.05) is 39.5 Å². The van der Waals surface area contributed by atoms with Gasteiger partial charge in [0.2, 0.25) is 0 Å². The Morgan fingerprint density at radius 2 is 1.53 bits per heavy atom. The summed E-state index contributed by atoms with van der Waals surface area (Å²) in [7, 11) is 0. The summed E-state index contributed by atoms with van der Waals surface area (Å²) in [6.07, 6.45) is 6.49. The van der Waals surface area contributed by atoms with E-state index in [0.29, 0.717) is 0 Å². The average molecular weight is 216 g/mol. The molecule has 0 saturated heterocycles. The lowest BCUT2D eigenvalue weighted by Crippen LogP contribution is -2.38. The van der Waals surface area contributed by atoms with Gasteiger partial charge in [-0.2, -0.15) is 0 Å².